The highest BCUT2D eigenvalue weighted by molar-refractivity contribution is 7.13. The van der Waals surface area contributed by atoms with E-state index in [2.05, 4.69) is 15.3 Å². The maximum Gasteiger partial charge on any atom is 0.123 e. The number of thiazole rings is 1. The summed E-state index contributed by atoms with van der Waals surface area (Å²) in [7, 11) is 0. The third-order valence-corrected chi connectivity index (χ3v) is 3.93. The van der Waals surface area contributed by atoms with Gasteiger partial charge in [0.05, 0.1) is 17.9 Å². The quantitative estimate of drug-likeness (QED) is 0.782. The predicted molar refractivity (Wildman–Crippen MR) is 83.8 cm³/mol. The molecule has 0 aliphatic heterocycles. The molecule has 2 heterocycles. The number of anilines is 1. The second-order valence-electron chi connectivity index (χ2n) is 4.76. The summed E-state index contributed by atoms with van der Waals surface area (Å²) in [6.45, 7) is 2.65. The van der Waals surface area contributed by atoms with Crippen molar-refractivity contribution >= 4 is 17.0 Å². The van der Waals surface area contributed by atoms with Gasteiger partial charge in [-0.1, -0.05) is 0 Å². The fourth-order valence-corrected chi connectivity index (χ4v) is 2.78. The number of pyridine rings is 1. The van der Waals surface area contributed by atoms with Crippen molar-refractivity contribution in [3.63, 3.8) is 0 Å². The molecule has 0 fully saturated rings. The molecule has 0 saturated carbocycles. The number of hydrogen-bond acceptors (Lipinski definition) is 4. The van der Waals surface area contributed by atoms with E-state index in [4.69, 9.17) is 0 Å². The summed E-state index contributed by atoms with van der Waals surface area (Å²) in [5.74, 6) is -0.232. The van der Waals surface area contributed by atoms with Crippen LogP contribution >= 0.6 is 11.3 Å². The van der Waals surface area contributed by atoms with E-state index in [1.54, 1.807) is 29.7 Å². The molecule has 0 radical (unpaired) electrons. The van der Waals surface area contributed by atoms with Crippen LogP contribution in [0.2, 0.25) is 0 Å². The van der Waals surface area contributed by atoms with Crippen molar-refractivity contribution in [2.75, 3.05) is 5.32 Å². The van der Waals surface area contributed by atoms with Crippen molar-refractivity contribution in [2.45, 2.75) is 13.5 Å². The highest BCUT2D eigenvalue weighted by Crippen LogP contribution is 2.24. The van der Waals surface area contributed by atoms with Crippen LogP contribution in [0.3, 0.4) is 0 Å². The molecular weight excluding hydrogens is 285 g/mol. The van der Waals surface area contributed by atoms with Crippen molar-refractivity contribution < 1.29 is 4.39 Å². The Bertz CT molecular complexity index is 737. The van der Waals surface area contributed by atoms with Gasteiger partial charge in [0.25, 0.3) is 0 Å². The summed E-state index contributed by atoms with van der Waals surface area (Å²) in [5, 5.41) is 6.20. The first-order valence-corrected chi connectivity index (χ1v) is 7.44. The third-order valence-electron chi connectivity index (χ3n) is 2.99. The van der Waals surface area contributed by atoms with Gasteiger partial charge in [-0.2, -0.15) is 0 Å². The molecular formula is C16H14FN3S. The van der Waals surface area contributed by atoms with Gasteiger partial charge in [0.1, 0.15) is 10.8 Å². The first kappa shape index (κ1) is 13.7. The van der Waals surface area contributed by atoms with Crippen molar-refractivity contribution in [3.05, 3.63) is 65.2 Å². The zero-order chi connectivity index (χ0) is 14.7. The van der Waals surface area contributed by atoms with Gasteiger partial charge >= 0.3 is 0 Å². The molecule has 0 atom stereocenters. The predicted octanol–water partition coefficient (Wildman–Crippen LogP) is 4.26. The molecule has 3 aromatic rings. The summed E-state index contributed by atoms with van der Waals surface area (Å²) in [4.78, 5) is 8.70. The summed E-state index contributed by atoms with van der Waals surface area (Å²) in [6.07, 6.45) is 3.61. The molecule has 0 saturated heterocycles. The van der Waals surface area contributed by atoms with Gasteiger partial charge in [-0.3, -0.25) is 4.98 Å². The molecule has 0 aliphatic rings. The van der Waals surface area contributed by atoms with E-state index in [1.807, 2.05) is 24.6 Å². The molecule has 0 aliphatic carbocycles. The van der Waals surface area contributed by atoms with Crippen molar-refractivity contribution in [1.82, 2.24) is 9.97 Å². The second kappa shape index (κ2) is 6.01. The highest BCUT2D eigenvalue weighted by Gasteiger charge is 2.05. The van der Waals surface area contributed by atoms with E-state index in [1.165, 1.54) is 12.1 Å². The van der Waals surface area contributed by atoms with Crippen LogP contribution in [0.1, 0.15) is 11.3 Å². The van der Waals surface area contributed by atoms with Crippen LogP contribution in [0.15, 0.2) is 48.1 Å². The van der Waals surface area contributed by atoms with Gasteiger partial charge in [-0.15, -0.1) is 11.3 Å². The van der Waals surface area contributed by atoms with Gasteiger partial charge in [-0.05, 0) is 42.8 Å². The van der Waals surface area contributed by atoms with Crippen LogP contribution in [0.25, 0.3) is 10.6 Å². The first-order valence-electron chi connectivity index (χ1n) is 6.56. The summed E-state index contributed by atoms with van der Waals surface area (Å²) >= 11 is 1.56. The zero-order valence-electron chi connectivity index (χ0n) is 11.5. The van der Waals surface area contributed by atoms with Crippen LogP contribution < -0.4 is 5.32 Å². The molecule has 1 aromatic carbocycles. The number of aryl methyl sites for hydroxylation is 1. The zero-order valence-corrected chi connectivity index (χ0v) is 12.3. The monoisotopic (exact) mass is 299 g/mol. The minimum atomic E-state index is -0.232. The van der Waals surface area contributed by atoms with E-state index in [9.17, 15) is 4.39 Å². The Hall–Kier alpha value is -2.27. The standard InChI is InChI=1S/C16H14FN3S/c1-11-6-14(8-18-7-11)19-9-15-10-21-16(20-15)12-2-4-13(17)5-3-12/h2-8,10,19H,9H2,1H3. The van der Waals surface area contributed by atoms with Crippen LogP contribution in [-0.2, 0) is 6.54 Å². The SMILES string of the molecule is Cc1cncc(NCc2csc(-c3ccc(F)cc3)n2)c1. The number of rotatable bonds is 4. The topological polar surface area (TPSA) is 37.8 Å². The lowest BCUT2D eigenvalue weighted by Gasteiger charge is -2.04. The molecule has 5 heteroatoms. The minimum absolute atomic E-state index is 0.232. The van der Waals surface area contributed by atoms with Crippen LogP contribution in [-0.4, -0.2) is 9.97 Å². The Morgan fingerprint density at radius 2 is 2.00 bits per heavy atom. The van der Waals surface area contributed by atoms with E-state index < -0.39 is 0 Å². The van der Waals surface area contributed by atoms with Crippen molar-refractivity contribution in [2.24, 2.45) is 0 Å². The molecule has 1 N–H and O–H groups in total. The number of aromatic nitrogens is 2. The number of nitrogens with one attached hydrogen (secondary N) is 1. The normalized spacial score (nSPS) is 10.6. The molecule has 21 heavy (non-hydrogen) atoms. The van der Waals surface area contributed by atoms with Gasteiger partial charge in [0, 0.05) is 23.3 Å². The Labute approximate surface area is 126 Å². The maximum absolute atomic E-state index is 12.9. The highest BCUT2D eigenvalue weighted by atomic mass is 32.1. The van der Waals surface area contributed by atoms with Crippen LogP contribution in [0.4, 0.5) is 10.1 Å². The van der Waals surface area contributed by atoms with E-state index in [0.717, 1.165) is 27.5 Å². The molecule has 3 nitrogen and oxygen atoms in total. The van der Waals surface area contributed by atoms with E-state index >= 15 is 0 Å². The summed E-state index contributed by atoms with van der Waals surface area (Å²) in [5.41, 5.74) is 3.99. The number of nitrogens with zero attached hydrogens (tertiary/aromatic N) is 2. The molecule has 3 rings (SSSR count). The fourth-order valence-electron chi connectivity index (χ4n) is 1.96. The van der Waals surface area contributed by atoms with Crippen LogP contribution in [0.5, 0.6) is 0 Å². The molecule has 0 amide bonds. The Balaban J connectivity index is 1.69. The van der Waals surface area contributed by atoms with Crippen molar-refractivity contribution in [3.8, 4) is 10.6 Å². The van der Waals surface area contributed by atoms with Gasteiger partial charge in [-0.25, -0.2) is 9.37 Å². The molecule has 0 unspecified atom stereocenters. The first-order chi connectivity index (χ1) is 10.2. The summed E-state index contributed by atoms with van der Waals surface area (Å²) in [6, 6.07) is 8.44. The number of halogens is 1. The molecule has 2 aromatic heterocycles. The second-order valence-corrected chi connectivity index (χ2v) is 5.61. The Kier molecular flexibility index (Phi) is 3.92. The average Bonchev–Trinajstić information content (AvgIpc) is 2.95. The van der Waals surface area contributed by atoms with E-state index in [0.29, 0.717) is 6.54 Å². The van der Waals surface area contributed by atoms with Gasteiger partial charge in [0.2, 0.25) is 0 Å². The summed E-state index contributed by atoms with van der Waals surface area (Å²) < 4.78 is 12.9. The van der Waals surface area contributed by atoms with Crippen LogP contribution in [0, 0.1) is 12.7 Å². The lowest BCUT2D eigenvalue weighted by Crippen LogP contribution is -2.00. The Morgan fingerprint density at radius 3 is 2.76 bits per heavy atom. The smallest absolute Gasteiger partial charge is 0.123 e. The number of hydrogen-bond donors (Lipinski definition) is 1. The van der Waals surface area contributed by atoms with Crippen molar-refractivity contribution in [1.29, 1.82) is 0 Å². The minimum Gasteiger partial charge on any atom is -0.378 e. The average molecular weight is 299 g/mol. The van der Waals surface area contributed by atoms with Gasteiger partial charge in [0.15, 0.2) is 0 Å². The lowest BCUT2D eigenvalue weighted by molar-refractivity contribution is 0.628. The lowest BCUT2D eigenvalue weighted by atomic mass is 10.2. The molecule has 0 bridgehead atoms. The molecule has 0 spiro atoms. The fraction of sp³-hybridized carbons (Fsp3) is 0.125. The van der Waals surface area contributed by atoms with Gasteiger partial charge < -0.3 is 5.32 Å². The maximum atomic E-state index is 12.9. The molecule has 106 valence electrons. The number of benzene rings is 1. The Morgan fingerprint density at radius 1 is 1.19 bits per heavy atom. The largest absolute Gasteiger partial charge is 0.378 e. The van der Waals surface area contributed by atoms with E-state index in [-0.39, 0.29) is 5.82 Å². The third kappa shape index (κ3) is 3.44.